The summed E-state index contributed by atoms with van der Waals surface area (Å²) in [7, 11) is 0. The van der Waals surface area contributed by atoms with Crippen molar-refractivity contribution in [3.05, 3.63) is 95.1 Å². The summed E-state index contributed by atoms with van der Waals surface area (Å²) in [6.45, 7) is 6.21. The van der Waals surface area contributed by atoms with Crippen LogP contribution in [0.25, 0.3) is 0 Å². The minimum atomic E-state index is -0.132. The molecule has 0 radical (unpaired) electrons. The maximum absolute atomic E-state index is 12.9. The van der Waals surface area contributed by atoms with Crippen molar-refractivity contribution < 1.29 is 9.59 Å². The monoisotopic (exact) mass is 430 g/mol. The highest BCUT2D eigenvalue weighted by Gasteiger charge is 2.35. The van der Waals surface area contributed by atoms with Gasteiger partial charge in [0.15, 0.2) is 0 Å². The Kier molecular flexibility index (Phi) is 6.14. The van der Waals surface area contributed by atoms with Crippen molar-refractivity contribution in [3.8, 4) is 0 Å². The van der Waals surface area contributed by atoms with Gasteiger partial charge in [0.05, 0.1) is 5.75 Å². The molecule has 0 spiro atoms. The van der Waals surface area contributed by atoms with Crippen molar-refractivity contribution in [3.63, 3.8) is 0 Å². The van der Waals surface area contributed by atoms with Crippen LogP contribution in [-0.4, -0.2) is 17.6 Å². The lowest BCUT2D eigenvalue weighted by Gasteiger charge is -2.28. The molecule has 5 heteroatoms. The number of carbonyl (C=O) groups is 2. The van der Waals surface area contributed by atoms with Crippen LogP contribution in [0.5, 0.6) is 0 Å². The fraction of sp³-hybridized carbons (Fsp3) is 0.231. The molecular formula is C26H26N2O2S. The zero-order valence-electron chi connectivity index (χ0n) is 18.0. The summed E-state index contributed by atoms with van der Waals surface area (Å²) in [6, 6.07) is 23.4. The predicted octanol–water partition coefficient (Wildman–Crippen LogP) is 6.15. The van der Waals surface area contributed by atoms with Crippen LogP contribution in [0.15, 0.2) is 72.8 Å². The molecule has 1 atom stereocenters. The first-order valence-corrected chi connectivity index (χ1v) is 11.5. The molecule has 1 fully saturated rings. The molecule has 3 aromatic carbocycles. The average Bonchev–Trinajstić information content (AvgIpc) is 3.15. The second kappa shape index (κ2) is 8.98. The normalized spacial score (nSPS) is 16.1. The molecule has 0 unspecified atom stereocenters. The molecular weight excluding hydrogens is 404 g/mol. The molecule has 1 aliphatic heterocycles. The van der Waals surface area contributed by atoms with Gasteiger partial charge in [-0.3, -0.25) is 14.5 Å². The third-order valence-electron chi connectivity index (χ3n) is 5.51. The van der Waals surface area contributed by atoms with E-state index in [4.69, 9.17) is 0 Å². The predicted molar refractivity (Wildman–Crippen MR) is 129 cm³/mol. The summed E-state index contributed by atoms with van der Waals surface area (Å²) in [5.41, 5.74) is 5.44. The molecule has 0 aliphatic carbocycles. The van der Waals surface area contributed by atoms with Gasteiger partial charge in [-0.2, -0.15) is 0 Å². The van der Waals surface area contributed by atoms with E-state index in [1.807, 2.05) is 78.6 Å². The second-order valence-corrected chi connectivity index (χ2v) is 9.10. The van der Waals surface area contributed by atoms with Gasteiger partial charge in [-0.25, -0.2) is 0 Å². The molecule has 0 saturated carbocycles. The van der Waals surface area contributed by atoms with E-state index >= 15 is 0 Å². The smallest absolute Gasteiger partial charge is 0.255 e. The van der Waals surface area contributed by atoms with Crippen LogP contribution in [0.3, 0.4) is 0 Å². The number of hydrogen-bond donors (Lipinski definition) is 1. The Balaban J connectivity index is 1.63. The van der Waals surface area contributed by atoms with E-state index in [0.29, 0.717) is 17.2 Å². The first-order valence-electron chi connectivity index (χ1n) is 10.4. The van der Waals surface area contributed by atoms with Gasteiger partial charge in [0, 0.05) is 16.9 Å². The van der Waals surface area contributed by atoms with Gasteiger partial charge in [-0.05, 0) is 53.8 Å². The summed E-state index contributed by atoms with van der Waals surface area (Å²) >= 11 is 1.62. The zero-order chi connectivity index (χ0) is 22.0. The van der Waals surface area contributed by atoms with Crippen molar-refractivity contribution in [1.82, 2.24) is 0 Å². The lowest BCUT2D eigenvalue weighted by atomic mass is 10.00. The highest BCUT2D eigenvalue weighted by molar-refractivity contribution is 8.00. The largest absolute Gasteiger partial charge is 0.322 e. The number of para-hydroxylation sites is 1. The van der Waals surface area contributed by atoms with E-state index in [1.54, 1.807) is 11.8 Å². The van der Waals surface area contributed by atoms with Crippen molar-refractivity contribution in [1.29, 1.82) is 0 Å². The van der Waals surface area contributed by atoms with Gasteiger partial charge in [0.2, 0.25) is 5.91 Å². The standard InChI is InChI=1S/C26H26N2O2S/c1-17(2)21-12-6-7-14-23(21)28-24(29)16-31-26(28)19-10-8-11-20(15-19)27-25(30)22-13-5-4-9-18(22)3/h4-15,17,26H,16H2,1-3H3,(H,27,30)/t26-/m0/s1. The van der Waals surface area contributed by atoms with Crippen molar-refractivity contribution in [2.24, 2.45) is 0 Å². The number of nitrogens with zero attached hydrogens (tertiary/aromatic N) is 1. The van der Waals surface area contributed by atoms with E-state index in [9.17, 15) is 9.59 Å². The van der Waals surface area contributed by atoms with Gasteiger partial charge in [0.1, 0.15) is 5.37 Å². The number of nitrogens with one attached hydrogen (secondary N) is 1. The Morgan fingerprint density at radius 2 is 1.77 bits per heavy atom. The maximum atomic E-state index is 12.9. The van der Waals surface area contributed by atoms with Gasteiger partial charge in [0.25, 0.3) is 5.91 Å². The van der Waals surface area contributed by atoms with E-state index in [2.05, 4.69) is 25.2 Å². The number of hydrogen-bond acceptors (Lipinski definition) is 3. The Morgan fingerprint density at radius 1 is 1.03 bits per heavy atom. The molecule has 1 aliphatic rings. The van der Waals surface area contributed by atoms with Crippen LogP contribution in [0.2, 0.25) is 0 Å². The fourth-order valence-corrected chi connectivity index (χ4v) is 5.08. The van der Waals surface area contributed by atoms with E-state index in [1.165, 1.54) is 0 Å². The summed E-state index contributed by atoms with van der Waals surface area (Å²) in [5, 5.41) is 2.88. The summed E-state index contributed by atoms with van der Waals surface area (Å²) in [6.07, 6.45) is 0. The maximum Gasteiger partial charge on any atom is 0.255 e. The topological polar surface area (TPSA) is 49.4 Å². The Hall–Kier alpha value is -3.05. The van der Waals surface area contributed by atoms with Crippen LogP contribution >= 0.6 is 11.8 Å². The molecule has 4 rings (SSSR count). The zero-order valence-corrected chi connectivity index (χ0v) is 18.8. The second-order valence-electron chi connectivity index (χ2n) is 8.04. The number of aryl methyl sites for hydroxylation is 1. The molecule has 1 heterocycles. The van der Waals surface area contributed by atoms with Crippen LogP contribution in [0.4, 0.5) is 11.4 Å². The molecule has 3 aromatic rings. The van der Waals surface area contributed by atoms with Gasteiger partial charge < -0.3 is 5.32 Å². The first-order chi connectivity index (χ1) is 15.0. The number of thioether (sulfide) groups is 1. The molecule has 2 amide bonds. The van der Waals surface area contributed by atoms with Crippen molar-refractivity contribution in [2.75, 3.05) is 16.0 Å². The number of anilines is 2. The molecule has 31 heavy (non-hydrogen) atoms. The van der Waals surface area contributed by atoms with E-state index < -0.39 is 0 Å². The van der Waals surface area contributed by atoms with Crippen LogP contribution in [0, 0.1) is 6.92 Å². The molecule has 4 nitrogen and oxygen atoms in total. The van der Waals surface area contributed by atoms with E-state index in [0.717, 1.165) is 28.1 Å². The van der Waals surface area contributed by atoms with Crippen LogP contribution in [0.1, 0.15) is 52.2 Å². The summed E-state index contributed by atoms with van der Waals surface area (Å²) in [5.74, 6) is 0.733. The fourth-order valence-electron chi connectivity index (χ4n) is 3.92. The van der Waals surface area contributed by atoms with Crippen molar-refractivity contribution in [2.45, 2.75) is 32.1 Å². The quantitative estimate of drug-likeness (QED) is 0.528. The number of rotatable bonds is 5. The van der Waals surface area contributed by atoms with Crippen molar-refractivity contribution >= 4 is 35.0 Å². The summed E-state index contributed by atoms with van der Waals surface area (Å²) < 4.78 is 0. The molecule has 158 valence electrons. The number of benzene rings is 3. The number of carbonyl (C=O) groups excluding carboxylic acids is 2. The van der Waals surface area contributed by atoms with Gasteiger partial charge in [-0.1, -0.05) is 62.4 Å². The van der Waals surface area contributed by atoms with E-state index in [-0.39, 0.29) is 17.2 Å². The third-order valence-corrected chi connectivity index (χ3v) is 6.72. The SMILES string of the molecule is Cc1ccccc1C(=O)Nc1cccc([C@@H]2SCC(=O)N2c2ccccc2C(C)C)c1. The molecule has 0 bridgehead atoms. The third kappa shape index (κ3) is 4.37. The Bertz CT molecular complexity index is 1130. The van der Waals surface area contributed by atoms with Crippen LogP contribution < -0.4 is 10.2 Å². The van der Waals surface area contributed by atoms with Gasteiger partial charge >= 0.3 is 0 Å². The Morgan fingerprint density at radius 3 is 2.55 bits per heavy atom. The molecule has 1 saturated heterocycles. The number of amides is 2. The van der Waals surface area contributed by atoms with Crippen LogP contribution in [-0.2, 0) is 4.79 Å². The Labute approximate surface area is 187 Å². The lowest BCUT2D eigenvalue weighted by Crippen LogP contribution is -2.29. The van der Waals surface area contributed by atoms with Gasteiger partial charge in [-0.15, -0.1) is 11.8 Å². The minimum Gasteiger partial charge on any atom is -0.322 e. The highest BCUT2D eigenvalue weighted by atomic mass is 32.2. The molecule has 1 N–H and O–H groups in total. The molecule has 0 aromatic heterocycles. The first kappa shape index (κ1) is 21.2. The summed E-state index contributed by atoms with van der Waals surface area (Å²) in [4.78, 5) is 27.5. The minimum absolute atomic E-state index is 0.109. The highest BCUT2D eigenvalue weighted by Crippen LogP contribution is 2.44. The lowest BCUT2D eigenvalue weighted by molar-refractivity contribution is -0.115. The average molecular weight is 431 g/mol.